The molecule has 5 nitrogen and oxygen atoms in total. The van der Waals surface area contributed by atoms with E-state index in [-0.39, 0.29) is 5.88 Å². The molecule has 1 rings (SSSR count). The fraction of sp³-hybridized carbons (Fsp3) is 0.667. The van der Waals surface area contributed by atoms with Crippen LogP contribution in [0.3, 0.4) is 0 Å². The summed E-state index contributed by atoms with van der Waals surface area (Å²) in [5.74, 6) is 0.917. The number of anilines is 1. The van der Waals surface area contributed by atoms with Gasteiger partial charge in [-0.05, 0) is 19.8 Å². The molecule has 0 aliphatic carbocycles. The molecule has 0 amide bonds. The molecule has 0 atom stereocenters. The minimum absolute atomic E-state index is 0.0457. The quantitative estimate of drug-likeness (QED) is 0.790. The summed E-state index contributed by atoms with van der Waals surface area (Å²) < 4.78 is 5.30. The Kier molecular flexibility index (Phi) is 5.52. The van der Waals surface area contributed by atoms with Crippen LogP contribution in [0, 0.1) is 0 Å². The van der Waals surface area contributed by atoms with E-state index in [0.717, 1.165) is 25.9 Å². The summed E-state index contributed by atoms with van der Waals surface area (Å²) in [6, 6.07) is 1.43. The van der Waals surface area contributed by atoms with Crippen molar-refractivity contribution in [1.29, 1.82) is 0 Å². The lowest BCUT2D eigenvalue weighted by molar-refractivity contribution is 0.322. The van der Waals surface area contributed by atoms with Crippen LogP contribution < -0.4 is 9.64 Å². The zero-order valence-corrected chi connectivity index (χ0v) is 10.8. The molecule has 0 bridgehead atoms. The molecular formula is C12H21N3O2. The monoisotopic (exact) mass is 239 g/mol. The van der Waals surface area contributed by atoms with Gasteiger partial charge in [0.15, 0.2) is 0 Å². The molecule has 0 aliphatic heterocycles. The number of rotatable bonds is 7. The number of aromatic hydroxyl groups is 1. The molecule has 17 heavy (non-hydrogen) atoms. The van der Waals surface area contributed by atoms with Crippen LogP contribution in [0.4, 0.5) is 5.95 Å². The highest BCUT2D eigenvalue weighted by Gasteiger charge is 2.11. The minimum atomic E-state index is -0.0457. The Morgan fingerprint density at radius 3 is 2.35 bits per heavy atom. The summed E-state index contributed by atoms with van der Waals surface area (Å²) in [5.41, 5.74) is 0. The van der Waals surface area contributed by atoms with Crippen molar-refractivity contribution in [1.82, 2.24) is 9.97 Å². The first-order valence-electron chi connectivity index (χ1n) is 6.17. The lowest BCUT2D eigenvalue weighted by Gasteiger charge is -2.21. The van der Waals surface area contributed by atoms with Gasteiger partial charge in [0.2, 0.25) is 17.7 Å². The third-order valence-corrected chi connectivity index (χ3v) is 2.24. The maximum Gasteiger partial charge on any atom is 0.231 e. The van der Waals surface area contributed by atoms with Crippen molar-refractivity contribution in [3.8, 4) is 11.8 Å². The molecule has 1 N–H and O–H groups in total. The molecule has 0 aliphatic rings. The zero-order chi connectivity index (χ0) is 12.7. The second kappa shape index (κ2) is 6.93. The SMILES string of the molecule is CCCN(CCC)c1nc(O)cc(OCC)n1. The Balaban J connectivity index is 2.92. The Morgan fingerprint density at radius 2 is 1.82 bits per heavy atom. The van der Waals surface area contributed by atoms with Crippen LogP contribution in [0.5, 0.6) is 11.8 Å². The van der Waals surface area contributed by atoms with Crippen molar-refractivity contribution in [3.05, 3.63) is 6.07 Å². The summed E-state index contributed by atoms with van der Waals surface area (Å²) in [4.78, 5) is 10.4. The molecule has 0 spiro atoms. The van der Waals surface area contributed by atoms with Crippen LogP contribution in [-0.4, -0.2) is 34.8 Å². The summed E-state index contributed by atoms with van der Waals surface area (Å²) in [7, 11) is 0. The van der Waals surface area contributed by atoms with Gasteiger partial charge in [0.05, 0.1) is 12.7 Å². The molecular weight excluding hydrogens is 218 g/mol. The highest BCUT2D eigenvalue weighted by Crippen LogP contribution is 2.19. The first-order chi connectivity index (χ1) is 8.21. The van der Waals surface area contributed by atoms with Gasteiger partial charge >= 0.3 is 0 Å². The molecule has 0 saturated heterocycles. The predicted octanol–water partition coefficient (Wildman–Crippen LogP) is 2.21. The van der Waals surface area contributed by atoms with E-state index in [0.29, 0.717) is 18.4 Å². The molecule has 5 heteroatoms. The van der Waals surface area contributed by atoms with E-state index in [2.05, 4.69) is 28.7 Å². The second-order valence-electron chi connectivity index (χ2n) is 3.78. The minimum Gasteiger partial charge on any atom is -0.493 e. The van der Waals surface area contributed by atoms with Gasteiger partial charge in [0.25, 0.3) is 0 Å². The maximum atomic E-state index is 9.55. The molecule has 96 valence electrons. The van der Waals surface area contributed by atoms with Gasteiger partial charge < -0.3 is 14.7 Å². The molecule has 0 unspecified atom stereocenters. The fourth-order valence-corrected chi connectivity index (χ4v) is 1.62. The van der Waals surface area contributed by atoms with E-state index < -0.39 is 0 Å². The third kappa shape index (κ3) is 4.09. The van der Waals surface area contributed by atoms with Crippen LogP contribution in [0.25, 0.3) is 0 Å². The smallest absolute Gasteiger partial charge is 0.231 e. The van der Waals surface area contributed by atoms with Gasteiger partial charge in [0.1, 0.15) is 0 Å². The van der Waals surface area contributed by atoms with Crippen molar-refractivity contribution in [2.75, 3.05) is 24.6 Å². The Morgan fingerprint density at radius 1 is 1.18 bits per heavy atom. The summed E-state index contributed by atoms with van der Waals surface area (Å²) in [6.45, 7) is 8.38. The molecule has 0 fully saturated rings. The van der Waals surface area contributed by atoms with Crippen molar-refractivity contribution in [3.63, 3.8) is 0 Å². The Bertz CT molecular complexity index is 339. The average molecular weight is 239 g/mol. The van der Waals surface area contributed by atoms with Crippen LogP contribution in [0.1, 0.15) is 33.6 Å². The van der Waals surface area contributed by atoms with Crippen LogP contribution in [0.15, 0.2) is 6.07 Å². The van der Waals surface area contributed by atoms with E-state index >= 15 is 0 Å². The van der Waals surface area contributed by atoms with Crippen molar-refractivity contribution >= 4 is 5.95 Å². The maximum absolute atomic E-state index is 9.55. The van der Waals surface area contributed by atoms with E-state index in [9.17, 15) is 5.11 Å². The van der Waals surface area contributed by atoms with E-state index in [1.165, 1.54) is 6.07 Å². The van der Waals surface area contributed by atoms with Crippen LogP contribution in [0.2, 0.25) is 0 Å². The summed E-state index contributed by atoms with van der Waals surface area (Å²) in [5, 5.41) is 9.55. The lowest BCUT2D eigenvalue weighted by Crippen LogP contribution is -2.27. The summed E-state index contributed by atoms with van der Waals surface area (Å²) >= 11 is 0. The standard InChI is InChI=1S/C12H21N3O2/c1-4-7-15(8-5-2)12-13-10(16)9-11(14-12)17-6-3/h9H,4-8H2,1-3H3,(H,13,14,16). The zero-order valence-electron chi connectivity index (χ0n) is 10.8. The van der Waals surface area contributed by atoms with Gasteiger partial charge in [0, 0.05) is 13.1 Å². The van der Waals surface area contributed by atoms with Gasteiger partial charge in [-0.1, -0.05) is 13.8 Å². The fourth-order valence-electron chi connectivity index (χ4n) is 1.62. The first kappa shape index (κ1) is 13.5. The normalized spacial score (nSPS) is 10.3. The first-order valence-corrected chi connectivity index (χ1v) is 6.17. The molecule has 1 aromatic rings. The van der Waals surface area contributed by atoms with E-state index in [1.807, 2.05) is 6.92 Å². The van der Waals surface area contributed by atoms with Crippen molar-refractivity contribution < 1.29 is 9.84 Å². The van der Waals surface area contributed by atoms with E-state index in [1.54, 1.807) is 0 Å². The lowest BCUT2D eigenvalue weighted by atomic mass is 10.4. The topological polar surface area (TPSA) is 58.5 Å². The van der Waals surface area contributed by atoms with Gasteiger partial charge in [-0.2, -0.15) is 9.97 Å². The van der Waals surface area contributed by atoms with E-state index in [4.69, 9.17) is 4.74 Å². The van der Waals surface area contributed by atoms with Crippen molar-refractivity contribution in [2.45, 2.75) is 33.6 Å². The molecule has 0 saturated carbocycles. The average Bonchev–Trinajstić information content (AvgIpc) is 2.28. The second-order valence-corrected chi connectivity index (χ2v) is 3.78. The summed E-state index contributed by atoms with van der Waals surface area (Å²) in [6.07, 6.45) is 2.03. The van der Waals surface area contributed by atoms with Gasteiger partial charge in [-0.3, -0.25) is 0 Å². The Labute approximate surface area is 102 Å². The predicted molar refractivity (Wildman–Crippen MR) is 67.7 cm³/mol. The number of nitrogens with zero attached hydrogens (tertiary/aromatic N) is 3. The largest absolute Gasteiger partial charge is 0.493 e. The van der Waals surface area contributed by atoms with Crippen molar-refractivity contribution in [2.24, 2.45) is 0 Å². The number of hydrogen-bond acceptors (Lipinski definition) is 5. The van der Waals surface area contributed by atoms with Crippen LogP contribution >= 0.6 is 0 Å². The molecule has 1 heterocycles. The highest BCUT2D eigenvalue weighted by atomic mass is 16.5. The number of hydrogen-bond donors (Lipinski definition) is 1. The third-order valence-electron chi connectivity index (χ3n) is 2.24. The molecule has 0 aromatic carbocycles. The Hall–Kier alpha value is -1.52. The molecule has 0 radical (unpaired) electrons. The van der Waals surface area contributed by atoms with Gasteiger partial charge in [-0.15, -0.1) is 0 Å². The number of ether oxygens (including phenoxy) is 1. The van der Waals surface area contributed by atoms with Gasteiger partial charge in [-0.25, -0.2) is 0 Å². The molecule has 1 aromatic heterocycles. The number of aromatic nitrogens is 2. The van der Waals surface area contributed by atoms with Crippen LogP contribution in [-0.2, 0) is 0 Å². The highest BCUT2D eigenvalue weighted by molar-refractivity contribution is 5.36.